The van der Waals surface area contributed by atoms with Crippen LogP contribution in [0.4, 0.5) is 0 Å². The Morgan fingerprint density at radius 2 is 2.00 bits per heavy atom. The number of rotatable bonds is 3. The summed E-state index contributed by atoms with van der Waals surface area (Å²) in [6, 6.07) is 0.427. The quantitative estimate of drug-likeness (QED) is 0.400. The molecule has 0 aromatic rings. The van der Waals surface area contributed by atoms with Crippen LogP contribution in [0.2, 0.25) is 0 Å². The second-order valence-electron chi connectivity index (χ2n) is 3.29. The van der Waals surface area contributed by atoms with E-state index < -0.39 is 5.91 Å². The highest BCUT2D eigenvalue weighted by Crippen LogP contribution is 2.17. The molecule has 1 fully saturated rings. The first kappa shape index (κ1) is 9.83. The molecule has 5 nitrogen and oxygen atoms in total. The first-order valence-electron chi connectivity index (χ1n) is 4.53. The lowest BCUT2D eigenvalue weighted by Gasteiger charge is -2.11. The maximum Gasteiger partial charge on any atom is 0.239 e. The van der Waals surface area contributed by atoms with Crippen molar-refractivity contribution in [2.24, 2.45) is 16.5 Å². The molecule has 0 atom stereocenters. The maximum atomic E-state index is 10.4. The summed E-state index contributed by atoms with van der Waals surface area (Å²) < 4.78 is 0. The molecule has 0 heterocycles. The Hall–Kier alpha value is -1.26. The van der Waals surface area contributed by atoms with E-state index in [9.17, 15) is 4.79 Å². The molecule has 1 aliphatic carbocycles. The molecule has 0 spiro atoms. The molecule has 1 saturated carbocycles. The SMILES string of the molecule is NC(=O)CN=C(N)NC1CCCC1. The molecule has 0 radical (unpaired) electrons. The fourth-order valence-corrected chi connectivity index (χ4v) is 1.49. The third-order valence-electron chi connectivity index (χ3n) is 2.11. The minimum atomic E-state index is -0.462. The molecule has 0 aliphatic heterocycles. The summed E-state index contributed by atoms with van der Waals surface area (Å²) >= 11 is 0. The normalized spacial score (nSPS) is 18.9. The molecule has 5 heteroatoms. The smallest absolute Gasteiger partial charge is 0.239 e. The van der Waals surface area contributed by atoms with E-state index in [0.717, 1.165) is 12.8 Å². The van der Waals surface area contributed by atoms with Crippen molar-refractivity contribution >= 4 is 11.9 Å². The van der Waals surface area contributed by atoms with Gasteiger partial charge < -0.3 is 16.8 Å². The van der Waals surface area contributed by atoms with Gasteiger partial charge in [-0.1, -0.05) is 12.8 Å². The van der Waals surface area contributed by atoms with Gasteiger partial charge in [-0.05, 0) is 12.8 Å². The summed E-state index contributed by atoms with van der Waals surface area (Å²) in [4.78, 5) is 14.2. The van der Waals surface area contributed by atoms with E-state index in [-0.39, 0.29) is 6.54 Å². The van der Waals surface area contributed by atoms with E-state index in [1.807, 2.05) is 0 Å². The Morgan fingerprint density at radius 3 is 2.54 bits per heavy atom. The maximum absolute atomic E-state index is 10.4. The average molecular weight is 184 g/mol. The molecule has 1 amide bonds. The fraction of sp³-hybridized carbons (Fsp3) is 0.750. The minimum absolute atomic E-state index is 0.0362. The van der Waals surface area contributed by atoms with Crippen LogP contribution in [0.25, 0.3) is 0 Å². The van der Waals surface area contributed by atoms with E-state index in [2.05, 4.69) is 10.3 Å². The zero-order valence-corrected chi connectivity index (χ0v) is 7.62. The molecule has 0 saturated heterocycles. The van der Waals surface area contributed by atoms with Crippen LogP contribution in [0.3, 0.4) is 0 Å². The summed E-state index contributed by atoms with van der Waals surface area (Å²) in [6.45, 7) is -0.0362. The van der Waals surface area contributed by atoms with Gasteiger partial charge in [-0.2, -0.15) is 0 Å². The number of nitrogens with two attached hydrogens (primary N) is 2. The van der Waals surface area contributed by atoms with Crippen LogP contribution in [0, 0.1) is 0 Å². The summed E-state index contributed by atoms with van der Waals surface area (Å²) in [7, 11) is 0. The summed E-state index contributed by atoms with van der Waals surface area (Å²) in [5, 5.41) is 3.05. The monoisotopic (exact) mass is 184 g/mol. The van der Waals surface area contributed by atoms with Crippen LogP contribution < -0.4 is 16.8 Å². The van der Waals surface area contributed by atoms with Gasteiger partial charge in [0, 0.05) is 6.04 Å². The number of hydrogen-bond donors (Lipinski definition) is 3. The van der Waals surface area contributed by atoms with Gasteiger partial charge in [0.25, 0.3) is 0 Å². The third kappa shape index (κ3) is 3.78. The van der Waals surface area contributed by atoms with Crippen molar-refractivity contribution in [3.05, 3.63) is 0 Å². The second kappa shape index (κ2) is 4.69. The van der Waals surface area contributed by atoms with Crippen molar-refractivity contribution in [2.45, 2.75) is 31.7 Å². The van der Waals surface area contributed by atoms with E-state index in [4.69, 9.17) is 11.5 Å². The van der Waals surface area contributed by atoms with Gasteiger partial charge in [0.1, 0.15) is 6.54 Å². The van der Waals surface area contributed by atoms with Crippen molar-refractivity contribution in [3.63, 3.8) is 0 Å². The molecular formula is C8H16N4O. The predicted molar refractivity (Wildman–Crippen MR) is 51.1 cm³/mol. The Balaban J connectivity index is 2.26. The van der Waals surface area contributed by atoms with Gasteiger partial charge in [-0.15, -0.1) is 0 Å². The van der Waals surface area contributed by atoms with Gasteiger partial charge >= 0.3 is 0 Å². The van der Waals surface area contributed by atoms with E-state index in [1.54, 1.807) is 0 Å². The predicted octanol–water partition coefficient (Wildman–Crippen LogP) is -0.681. The largest absolute Gasteiger partial charge is 0.370 e. The van der Waals surface area contributed by atoms with Gasteiger partial charge in [0.15, 0.2) is 5.96 Å². The van der Waals surface area contributed by atoms with Crippen molar-refractivity contribution in [1.82, 2.24) is 5.32 Å². The summed E-state index contributed by atoms with van der Waals surface area (Å²) in [5.74, 6) is -0.137. The van der Waals surface area contributed by atoms with Crippen molar-refractivity contribution in [1.29, 1.82) is 0 Å². The van der Waals surface area contributed by atoms with Crippen molar-refractivity contribution in [2.75, 3.05) is 6.54 Å². The Bertz CT molecular complexity index is 208. The minimum Gasteiger partial charge on any atom is -0.370 e. The molecule has 0 aromatic heterocycles. The Labute approximate surface area is 77.6 Å². The molecule has 0 unspecified atom stereocenters. The molecule has 13 heavy (non-hydrogen) atoms. The number of carbonyl (C=O) groups is 1. The van der Waals surface area contributed by atoms with E-state index in [0.29, 0.717) is 12.0 Å². The van der Waals surface area contributed by atoms with Crippen LogP contribution in [0.15, 0.2) is 4.99 Å². The first-order chi connectivity index (χ1) is 6.18. The van der Waals surface area contributed by atoms with Crippen molar-refractivity contribution in [3.8, 4) is 0 Å². The molecule has 0 aromatic carbocycles. The highest BCUT2D eigenvalue weighted by molar-refractivity contribution is 5.83. The standard InChI is InChI=1S/C8H16N4O/c9-7(13)5-11-8(10)12-6-3-1-2-4-6/h6H,1-5H2,(H2,9,13)(H3,10,11,12). The number of amides is 1. The number of carbonyl (C=O) groups excluding carboxylic acids is 1. The third-order valence-corrected chi connectivity index (χ3v) is 2.11. The van der Waals surface area contributed by atoms with Gasteiger partial charge in [-0.25, -0.2) is 4.99 Å². The van der Waals surface area contributed by atoms with Gasteiger partial charge in [0.05, 0.1) is 0 Å². The lowest BCUT2D eigenvalue weighted by molar-refractivity contribution is -0.116. The van der Waals surface area contributed by atoms with E-state index >= 15 is 0 Å². The summed E-state index contributed by atoms with van der Waals surface area (Å²) in [5.41, 5.74) is 10.5. The number of guanidine groups is 1. The number of nitrogens with one attached hydrogen (secondary N) is 1. The highest BCUT2D eigenvalue weighted by atomic mass is 16.1. The van der Waals surface area contributed by atoms with Gasteiger partial charge in [-0.3, -0.25) is 4.79 Å². The number of primary amides is 1. The zero-order valence-electron chi connectivity index (χ0n) is 7.62. The molecule has 1 aliphatic rings. The topological polar surface area (TPSA) is 93.5 Å². The Kier molecular flexibility index (Phi) is 3.54. The van der Waals surface area contributed by atoms with Gasteiger partial charge in [0.2, 0.25) is 5.91 Å². The Morgan fingerprint density at radius 1 is 1.38 bits per heavy atom. The van der Waals surface area contributed by atoms with Crippen LogP contribution in [-0.4, -0.2) is 24.5 Å². The average Bonchev–Trinajstić information content (AvgIpc) is 2.53. The number of nitrogens with zero attached hydrogens (tertiary/aromatic N) is 1. The lowest BCUT2D eigenvalue weighted by Crippen LogP contribution is -2.39. The fourth-order valence-electron chi connectivity index (χ4n) is 1.49. The van der Waals surface area contributed by atoms with E-state index in [1.165, 1.54) is 12.8 Å². The lowest BCUT2D eigenvalue weighted by atomic mass is 10.2. The molecule has 74 valence electrons. The molecule has 1 rings (SSSR count). The molecule has 0 bridgehead atoms. The zero-order chi connectivity index (χ0) is 9.68. The highest BCUT2D eigenvalue weighted by Gasteiger charge is 2.14. The van der Waals surface area contributed by atoms with Crippen molar-refractivity contribution < 1.29 is 4.79 Å². The number of aliphatic imine (C=N–C) groups is 1. The second-order valence-corrected chi connectivity index (χ2v) is 3.29. The summed E-state index contributed by atoms with van der Waals surface area (Å²) in [6.07, 6.45) is 4.74. The first-order valence-corrected chi connectivity index (χ1v) is 4.53. The van der Waals surface area contributed by atoms with Crippen LogP contribution >= 0.6 is 0 Å². The van der Waals surface area contributed by atoms with Crippen LogP contribution in [0.1, 0.15) is 25.7 Å². The molecule has 5 N–H and O–H groups in total. The van der Waals surface area contributed by atoms with Crippen LogP contribution in [0.5, 0.6) is 0 Å². The van der Waals surface area contributed by atoms with Crippen LogP contribution in [-0.2, 0) is 4.79 Å². The number of hydrogen-bond acceptors (Lipinski definition) is 2. The molecular weight excluding hydrogens is 168 g/mol.